The van der Waals surface area contributed by atoms with Crippen LogP contribution in [0.25, 0.3) is 6.08 Å². The second-order valence-electron chi connectivity index (χ2n) is 5.39. The van der Waals surface area contributed by atoms with E-state index in [1.54, 1.807) is 30.3 Å². The van der Waals surface area contributed by atoms with Gasteiger partial charge in [-0.1, -0.05) is 0 Å². The molecule has 0 aliphatic carbocycles. The van der Waals surface area contributed by atoms with Gasteiger partial charge in [0.25, 0.3) is 5.91 Å². The van der Waals surface area contributed by atoms with E-state index in [2.05, 4.69) is 26.2 Å². The lowest BCUT2D eigenvalue weighted by Crippen LogP contribution is -2.19. The molecule has 0 spiro atoms. The highest BCUT2D eigenvalue weighted by atomic mass is 79.9. The number of aliphatic imine (C=N–C) groups is 1. The van der Waals surface area contributed by atoms with Crippen LogP contribution in [0.3, 0.4) is 0 Å². The van der Waals surface area contributed by atoms with Crippen molar-refractivity contribution in [2.24, 2.45) is 4.99 Å². The van der Waals surface area contributed by atoms with Gasteiger partial charge in [-0.15, -0.1) is 0 Å². The lowest BCUT2D eigenvalue weighted by molar-refractivity contribution is -0.115. The third kappa shape index (κ3) is 4.32. The van der Waals surface area contributed by atoms with Gasteiger partial charge in [0, 0.05) is 0 Å². The lowest BCUT2D eigenvalue weighted by Gasteiger charge is -2.06. The van der Waals surface area contributed by atoms with Gasteiger partial charge in [-0.25, -0.2) is 9.79 Å². The number of aromatic carboxylic acids is 1. The van der Waals surface area contributed by atoms with Crippen molar-refractivity contribution in [3.8, 4) is 11.5 Å². The van der Waals surface area contributed by atoms with Crippen LogP contribution in [-0.4, -0.2) is 34.4 Å². The molecule has 2 aromatic rings. The van der Waals surface area contributed by atoms with Crippen molar-refractivity contribution in [3.63, 3.8) is 0 Å². The first-order valence-electron chi connectivity index (χ1n) is 7.57. The van der Waals surface area contributed by atoms with Crippen molar-refractivity contribution in [2.75, 3.05) is 7.11 Å². The number of carboxylic acids is 1. The predicted molar refractivity (Wildman–Crippen MR) is 107 cm³/mol. The van der Waals surface area contributed by atoms with Crippen LogP contribution in [0.4, 0.5) is 5.69 Å². The number of amides is 1. The SMILES string of the molecule is COc1cc(C=C2SC(=Nc3ccc(C(=O)O)cc3)NC2=O)cc(Br)c1O. The number of amidine groups is 1. The van der Waals surface area contributed by atoms with Gasteiger partial charge in [0.15, 0.2) is 16.7 Å². The maximum Gasteiger partial charge on any atom is 0.335 e. The van der Waals surface area contributed by atoms with Crippen LogP contribution in [-0.2, 0) is 4.79 Å². The first kappa shape index (κ1) is 19.0. The summed E-state index contributed by atoms with van der Waals surface area (Å²) in [5.41, 5.74) is 1.36. The van der Waals surface area contributed by atoms with Crippen molar-refractivity contribution in [3.05, 3.63) is 56.9 Å². The number of nitrogens with one attached hydrogen (secondary N) is 1. The van der Waals surface area contributed by atoms with Crippen molar-refractivity contribution in [1.82, 2.24) is 5.32 Å². The number of hydrogen-bond acceptors (Lipinski definition) is 6. The van der Waals surface area contributed by atoms with Gasteiger partial charge in [0.2, 0.25) is 0 Å². The molecule has 3 N–H and O–H groups in total. The van der Waals surface area contributed by atoms with Crippen LogP contribution in [0.15, 0.2) is 50.8 Å². The Morgan fingerprint density at radius 2 is 2.00 bits per heavy atom. The number of carboxylic acid groups (broad SMARTS) is 1. The zero-order valence-corrected chi connectivity index (χ0v) is 16.3. The first-order chi connectivity index (χ1) is 12.9. The second-order valence-corrected chi connectivity index (χ2v) is 7.27. The Morgan fingerprint density at radius 1 is 1.30 bits per heavy atom. The van der Waals surface area contributed by atoms with Gasteiger partial charge >= 0.3 is 5.97 Å². The maximum absolute atomic E-state index is 12.2. The van der Waals surface area contributed by atoms with Crippen LogP contribution < -0.4 is 10.1 Å². The van der Waals surface area contributed by atoms with Gasteiger partial charge in [0.1, 0.15) is 0 Å². The monoisotopic (exact) mass is 448 g/mol. The number of hydrogen-bond donors (Lipinski definition) is 3. The third-order valence-corrected chi connectivity index (χ3v) is 5.08. The topological polar surface area (TPSA) is 108 Å². The largest absolute Gasteiger partial charge is 0.503 e. The number of phenolic OH excluding ortho intramolecular Hbond substituents is 1. The molecule has 1 heterocycles. The van der Waals surface area contributed by atoms with Gasteiger partial charge in [-0.05, 0) is 75.7 Å². The number of benzene rings is 2. The molecular formula is C18H13BrN2O5S. The van der Waals surface area contributed by atoms with Gasteiger partial charge < -0.3 is 20.3 Å². The average Bonchev–Trinajstić information content (AvgIpc) is 2.97. The highest BCUT2D eigenvalue weighted by Gasteiger charge is 2.24. The Labute approximate surface area is 166 Å². The standard InChI is InChI=1S/C18H13BrN2O5S/c1-26-13-7-9(6-12(19)15(13)22)8-14-16(23)21-18(27-14)20-11-4-2-10(3-5-11)17(24)25/h2-8,22H,1H3,(H,24,25)(H,20,21,23). The van der Waals surface area contributed by atoms with Gasteiger partial charge in [-0.2, -0.15) is 0 Å². The molecule has 9 heteroatoms. The quantitative estimate of drug-likeness (QED) is 0.614. The Bertz CT molecular complexity index is 986. The molecule has 0 saturated carbocycles. The number of nitrogens with zero attached hydrogens (tertiary/aromatic N) is 1. The molecule has 0 radical (unpaired) electrons. The fourth-order valence-electron chi connectivity index (χ4n) is 2.26. The summed E-state index contributed by atoms with van der Waals surface area (Å²) >= 11 is 4.40. The summed E-state index contributed by atoms with van der Waals surface area (Å²) in [5.74, 6) is -1.05. The molecule has 1 fully saturated rings. The predicted octanol–water partition coefficient (Wildman–Crippen LogP) is 3.75. The maximum atomic E-state index is 12.2. The van der Waals surface area contributed by atoms with Crippen molar-refractivity contribution >= 4 is 56.5 Å². The molecule has 0 atom stereocenters. The van der Waals surface area contributed by atoms with E-state index in [1.165, 1.54) is 19.2 Å². The summed E-state index contributed by atoms with van der Waals surface area (Å²) < 4.78 is 5.55. The number of carbonyl (C=O) groups is 2. The molecule has 1 saturated heterocycles. The van der Waals surface area contributed by atoms with E-state index in [-0.39, 0.29) is 23.0 Å². The van der Waals surface area contributed by atoms with Crippen molar-refractivity contribution < 1.29 is 24.5 Å². The minimum absolute atomic E-state index is 0.0183. The van der Waals surface area contributed by atoms with E-state index >= 15 is 0 Å². The molecular weight excluding hydrogens is 436 g/mol. The number of carbonyl (C=O) groups excluding carboxylic acids is 1. The smallest absolute Gasteiger partial charge is 0.335 e. The van der Waals surface area contributed by atoms with E-state index in [0.29, 0.717) is 25.8 Å². The number of aromatic hydroxyl groups is 1. The number of ether oxygens (including phenoxy) is 1. The molecule has 1 aliphatic rings. The zero-order chi connectivity index (χ0) is 19.6. The molecule has 1 aliphatic heterocycles. The van der Waals surface area contributed by atoms with Crippen LogP contribution >= 0.6 is 27.7 Å². The summed E-state index contributed by atoms with van der Waals surface area (Å²) in [7, 11) is 1.44. The molecule has 27 heavy (non-hydrogen) atoms. The Hall–Kier alpha value is -2.78. The third-order valence-electron chi connectivity index (χ3n) is 3.56. The molecule has 138 valence electrons. The first-order valence-corrected chi connectivity index (χ1v) is 9.18. The highest BCUT2D eigenvalue weighted by Crippen LogP contribution is 2.37. The lowest BCUT2D eigenvalue weighted by atomic mass is 10.2. The summed E-state index contributed by atoms with van der Waals surface area (Å²) in [6, 6.07) is 9.29. The van der Waals surface area contributed by atoms with E-state index in [0.717, 1.165) is 11.8 Å². The van der Waals surface area contributed by atoms with E-state index in [1.807, 2.05) is 0 Å². The van der Waals surface area contributed by atoms with Crippen LogP contribution in [0, 0.1) is 0 Å². The summed E-state index contributed by atoms with van der Waals surface area (Å²) in [6.07, 6.45) is 1.66. The Balaban J connectivity index is 1.84. The van der Waals surface area contributed by atoms with Crippen LogP contribution in [0.1, 0.15) is 15.9 Å². The molecule has 7 nitrogen and oxygen atoms in total. The molecule has 3 rings (SSSR count). The molecule has 2 aromatic carbocycles. The zero-order valence-electron chi connectivity index (χ0n) is 13.9. The Morgan fingerprint density at radius 3 is 2.63 bits per heavy atom. The minimum Gasteiger partial charge on any atom is -0.503 e. The fourth-order valence-corrected chi connectivity index (χ4v) is 3.56. The molecule has 0 unspecified atom stereocenters. The molecule has 0 aromatic heterocycles. The Kier molecular flexibility index (Phi) is 5.52. The van der Waals surface area contributed by atoms with E-state index in [9.17, 15) is 14.7 Å². The number of methoxy groups -OCH3 is 1. The van der Waals surface area contributed by atoms with E-state index < -0.39 is 5.97 Å². The second kappa shape index (κ2) is 7.85. The number of phenols is 1. The van der Waals surface area contributed by atoms with Crippen LogP contribution in [0.2, 0.25) is 0 Å². The molecule has 1 amide bonds. The van der Waals surface area contributed by atoms with Gasteiger partial charge in [0.05, 0.1) is 27.7 Å². The average molecular weight is 449 g/mol. The number of thioether (sulfide) groups is 1. The number of rotatable bonds is 4. The molecule has 0 bridgehead atoms. The fraction of sp³-hybridized carbons (Fsp3) is 0.0556. The van der Waals surface area contributed by atoms with Gasteiger partial charge in [-0.3, -0.25) is 4.79 Å². The van der Waals surface area contributed by atoms with Crippen molar-refractivity contribution in [1.29, 1.82) is 0 Å². The normalized spacial score (nSPS) is 16.6. The highest BCUT2D eigenvalue weighted by molar-refractivity contribution is 9.10. The summed E-state index contributed by atoms with van der Waals surface area (Å²) in [6.45, 7) is 0. The number of halogens is 1. The minimum atomic E-state index is -1.02. The van der Waals surface area contributed by atoms with E-state index in [4.69, 9.17) is 9.84 Å². The van der Waals surface area contributed by atoms with Crippen molar-refractivity contribution in [2.45, 2.75) is 0 Å². The summed E-state index contributed by atoms with van der Waals surface area (Å²) in [4.78, 5) is 27.8. The summed E-state index contributed by atoms with van der Waals surface area (Å²) in [5, 5.41) is 21.8. The van der Waals surface area contributed by atoms with Crippen LogP contribution in [0.5, 0.6) is 11.5 Å².